The highest BCUT2D eigenvalue weighted by atomic mass is 19.1. The molecule has 1 aromatic heterocycles. The zero-order valence-corrected chi connectivity index (χ0v) is 13.3. The van der Waals surface area contributed by atoms with Gasteiger partial charge in [-0.1, -0.05) is 0 Å². The van der Waals surface area contributed by atoms with Gasteiger partial charge in [0.05, 0.1) is 6.10 Å². The average Bonchev–Trinajstić information content (AvgIpc) is 3.25. The molecule has 1 heterocycles. The number of carbonyl (C=O) groups excluding carboxylic acids is 1. The molecule has 3 rings (SSSR count). The van der Waals surface area contributed by atoms with Crippen LogP contribution in [0.2, 0.25) is 0 Å². The molecule has 6 nitrogen and oxygen atoms in total. The second kappa shape index (κ2) is 6.78. The van der Waals surface area contributed by atoms with Crippen molar-refractivity contribution in [1.29, 1.82) is 0 Å². The highest BCUT2D eigenvalue weighted by molar-refractivity contribution is 5.92. The van der Waals surface area contributed by atoms with Gasteiger partial charge in [0.1, 0.15) is 12.2 Å². The molecule has 0 saturated heterocycles. The van der Waals surface area contributed by atoms with Crippen LogP contribution in [-0.2, 0) is 11.8 Å². The molecule has 0 spiro atoms. The predicted molar refractivity (Wildman–Crippen MR) is 82.1 cm³/mol. The highest BCUT2D eigenvalue weighted by Crippen LogP contribution is 2.37. The lowest BCUT2D eigenvalue weighted by Crippen LogP contribution is -2.33. The Morgan fingerprint density at radius 2 is 2.17 bits per heavy atom. The molecule has 1 aromatic rings. The van der Waals surface area contributed by atoms with Crippen molar-refractivity contribution in [2.75, 3.05) is 6.54 Å². The number of amides is 1. The smallest absolute Gasteiger partial charge is 0.279 e. The van der Waals surface area contributed by atoms with Gasteiger partial charge in [-0.3, -0.25) is 4.79 Å². The zero-order chi connectivity index (χ0) is 16.4. The third kappa shape index (κ3) is 3.44. The van der Waals surface area contributed by atoms with Gasteiger partial charge in [-0.2, -0.15) is 0 Å². The molecule has 2 N–H and O–H groups in total. The van der Waals surface area contributed by atoms with Gasteiger partial charge in [-0.05, 0) is 44.1 Å². The van der Waals surface area contributed by atoms with Crippen LogP contribution in [0.4, 0.5) is 4.39 Å². The SMILES string of the molecule is Cn1cnnc1[C@H]1C[C@H](CNC(=O)C(F)=C2CCCC2)[C@H](O)C1. The van der Waals surface area contributed by atoms with Crippen molar-refractivity contribution in [3.05, 3.63) is 23.6 Å². The Hall–Kier alpha value is -1.76. The molecular weight excluding hydrogens is 299 g/mol. The maximum absolute atomic E-state index is 14.0. The first kappa shape index (κ1) is 16.1. The van der Waals surface area contributed by atoms with Crippen LogP contribution >= 0.6 is 0 Å². The highest BCUT2D eigenvalue weighted by Gasteiger charge is 2.36. The summed E-state index contributed by atoms with van der Waals surface area (Å²) in [6.45, 7) is 0.287. The van der Waals surface area contributed by atoms with Crippen molar-refractivity contribution in [3.63, 3.8) is 0 Å². The van der Waals surface area contributed by atoms with Crippen molar-refractivity contribution in [2.24, 2.45) is 13.0 Å². The maximum Gasteiger partial charge on any atom is 0.279 e. The fourth-order valence-corrected chi connectivity index (χ4v) is 3.68. The van der Waals surface area contributed by atoms with Gasteiger partial charge >= 0.3 is 0 Å². The van der Waals surface area contributed by atoms with E-state index >= 15 is 0 Å². The minimum absolute atomic E-state index is 0.0815. The summed E-state index contributed by atoms with van der Waals surface area (Å²) in [6.07, 6.45) is 5.70. The average molecular weight is 322 g/mol. The molecule has 126 valence electrons. The van der Waals surface area contributed by atoms with Crippen molar-refractivity contribution < 1.29 is 14.3 Å². The number of hydrogen-bond donors (Lipinski definition) is 2. The van der Waals surface area contributed by atoms with Crippen LogP contribution in [0.1, 0.15) is 50.3 Å². The van der Waals surface area contributed by atoms with Crippen LogP contribution in [0.3, 0.4) is 0 Å². The van der Waals surface area contributed by atoms with Gasteiger partial charge < -0.3 is 15.0 Å². The largest absolute Gasteiger partial charge is 0.393 e. The van der Waals surface area contributed by atoms with Gasteiger partial charge in [-0.25, -0.2) is 4.39 Å². The van der Waals surface area contributed by atoms with E-state index in [9.17, 15) is 14.3 Å². The third-order valence-electron chi connectivity index (χ3n) is 5.01. The number of rotatable bonds is 4. The number of aliphatic hydroxyl groups is 1. The Bertz CT molecular complexity index is 605. The Morgan fingerprint density at radius 3 is 2.83 bits per heavy atom. The molecule has 0 bridgehead atoms. The van der Waals surface area contributed by atoms with E-state index in [2.05, 4.69) is 15.5 Å². The molecule has 2 saturated carbocycles. The van der Waals surface area contributed by atoms with E-state index in [1.807, 2.05) is 11.6 Å². The normalized spacial score (nSPS) is 27.4. The molecule has 2 aliphatic rings. The summed E-state index contributed by atoms with van der Waals surface area (Å²) in [5.41, 5.74) is 0.631. The third-order valence-corrected chi connectivity index (χ3v) is 5.01. The number of hydrogen-bond acceptors (Lipinski definition) is 4. The van der Waals surface area contributed by atoms with E-state index in [-0.39, 0.29) is 18.4 Å². The Kier molecular flexibility index (Phi) is 4.75. The lowest BCUT2D eigenvalue weighted by Gasteiger charge is -2.15. The van der Waals surface area contributed by atoms with Gasteiger partial charge in [0.2, 0.25) is 0 Å². The number of nitrogens with zero attached hydrogens (tertiary/aromatic N) is 3. The second-order valence-electron chi connectivity index (χ2n) is 6.63. The van der Waals surface area contributed by atoms with Gasteiger partial charge in [0.15, 0.2) is 5.83 Å². The summed E-state index contributed by atoms with van der Waals surface area (Å²) >= 11 is 0. The van der Waals surface area contributed by atoms with Crippen LogP contribution in [0.15, 0.2) is 17.7 Å². The maximum atomic E-state index is 14.0. The lowest BCUT2D eigenvalue weighted by atomic mass is 10.0. The number of carbonyl (C=O) groups is 1. The molecule has 0 aliphatic heterocycles. The van der Waals surface area contributed by atoms with Crippen LogP contribution in [0.5, 0.6) is 0 Å². The Morgan fingerprint density at radius 1 is 1.43 bits per heavy atom. The van der Waals surface area contributed by atoms with E-state index in [1.165, 1.54) is 0 Å². The quantitative estimate of drug-likeness (QED) is 0.825. The second-order valence-corrected chi connectivity index (χ2v) is 6.63. The Balaban J connectivity index is 1.55. The fraction of sp³-hybridized carbons (Fsp3) is 0.688. The molecule has 3 atom stereocenters. The summed E-state index contributed by atoms with van der Waals surface area (Å²) in [5.74, 6) is -0.382. The number of halogens is 1. The van der Waals surface area contributed by atoms with Crippen molar-refractivity contribution >= 4 is 5.91 Å². The topological polar surface area (TPSA) is 80.0 Å². The molecule has 0 unspecified atom stereocenters. The van der Waals surface area contributed by atoms with E-state index in [1.54, 1.807) is 6.33 Å². The van der Waals surface area contributed by atoms with Gasteiger partial charge in [0, 0.05) is 25.4 Å². The predicted octanol–water partition coefficient (Wildman–Crippen LogP) is 1.58. The van der Waals surface area contributed by atoms with Crippen molar-refractivity contribution in [2.45, 2.75) is 50.5 Å². The summed E-state index contributed by atoms with van der Waals surface area (Å²) < 4.78 is 15.9. The van der Waals surface area contributed by atoms with E-state index in [4.69, 9.17) is 0 Å². The van der Waals surface area contributed by atoms with E-state index in [0.29, 0.717) is 31.3 Å². The molecule has 2 aliphatic carbocycles. The van der Waals surface area contributed by atoms with Crippen LogP contribution in [0, 0.1) is 5.92 Å². The van der Waals surface area contributed by atoms with E-state index in [0.717, 1.165) is 18.7 Å². The van der Waals surface area contributed by atoms with E-state index < -0.39 is 17.8 Å². The van der Waals surface area contributed by atoms with Crippen LogP contribution in [-0.4, -0.2) is 38.4 Å². The summed E-state index contributed by atoms with van der Waals surface area (Å²) in [7, 11) is 1.87. The van der Waals surface area contributed by atoms with Gasteiger partial charge in [-0.15, -0.1) is 10.2 Å². The number of nitrogens with one attached hydrogen (secondary N) is 1. The molecule has 0 aromatic carbocycles. The summed E-state index contributed by atoms with van der Waals surface area (Å²) in [4.78, 5) is 11.9. The number of aliphatic hydroxyl groups excluding tert-OH is 1. The number of allylic oxidation sites excluding steroid dienone is 1. The molecule has 7 heteroatoms. The summed E-state index contributed by atoms with van der Waals surface area (Å²) in [6, 6.07) is 0. The fourth-order valence-electron chi connectivity index (χ4n) is 3.68. The summed E-state index contributed by atoms with van der Waals surface area (Å²) in [5, 5.41) is 20.8. The standard InChI is InChI=1S/C16H23FN4O2/c1-21-9-19-20-15(21)11-6-12(13(22)7-11)8-18-16(23)14(17)10-4-2-3-5-10/h9,11-13,22H,2-8H2,1H3,(H,18,23)/t11-,12+,13+/m0/s1. The number of aromatic nitrogens is 3. The lowest BCUT2D eigenvalue weighted by molar-refractivity contribution is -0.119. The minimum atomic E-state index is -0.642. The molecule has 1 amide bonds. The minimum Gasteiger partial charge on any atom is -0.393 e. The molecule has 0 radical (unpaired) electrons. The first-order valence-corrected chi connectivity index (χ1v) is 8.24. The molecule has 23 heavy (non-hydrogen) atoms. The Labute approximate surface area is 134 Å². The van der Waals surface area contributed by atoms with Crippen LogP contribution < -0.4 is 5.32 Å². The van der Waals surface area contributed by atoms with Crippen molar-refractivity contribution in [3.8, 4) is 0 Å². The first-order valence-electron chi connectivity index (χ1n) is 8.24. The zero-order valence-electron chi connectivity index (χ0n) is 13.3. The first-order chi connectivity index (χ1) is 11.1. The monoisotopic (exact) mass is 322 g/mol. The van der Waals surface area contributed by atoms with Gasteiger partial charge in [0.25, 0.3) is 5.91 Å². The molecule has 2 fully saturated rings. The number of aryl methyl sites for hydroxylation is 1. The van der Waals surface area contributed by atoms with Crippen molar-refractivity contribution in [1.82, 2.24) is 20.1 Å². The van der Waals surface area contributed by atoms with Crippen LogP contribution in [0.25, 0.3) is 0 Å². The molecular formula is C16H23FN4O2.